The lowest BCUT2D eigenvalue weighted by Gasteiger charge is -2.33. The minimum atomic E-state index is -4.55. The van der Waals surface area contributed by atoms with Crippen LogP contribution in [0.4, 0.5) is 23.7 Å². The van der Waals surface area contributed by atoms with E-state index in [1.165, 1.54) is 6.07 Å². The fraction of sp³-hybridized carbons (Fsp3) is 0.577. The summed E-state index contributed by atoms with van der Waals surface area (Å²) in [6, 6.07) is 3.92. The molecule has 1 aromatic carbocycles. The quantitative estimate of drug-likeness (QED) is 0.468. The number of hydrogen-bond donors (Lipinski definition) is 1. The van der Waals surface area contributed by atoms with Crippen molar-refractivity contribution in [2.24, 2.45) is 5.92 Å². The summed E-state index contributed by atoms with van der Waals surface area (Å²) in [7, 11) is -3.67. The van der Waals surface area contributed by atoms with E-state index < -0.39 is 33.7 Å². The Bertz CT molecular complexity index is 1240. The average Bonchev–Trinajstić information content (AvgIpc) is 3.23. The molecule has 206 valence electrons. The minimum Gasteiger partial charge on any atom is -0.456 e. The van der Waals surface area contributed by atoms with Gasteiger partial charge in [0.05, 0.1) is 11.4 Å². The van der Waals surface area contributed by atoms with E-state index in [-0.39, 0.29) is 23.9 Å². The molecule has 0 unspecified atom stereocenters. The Morgan fingerprint density at radius 3 is 2.27 bits per heavy atom. The van der Waals surface area contributed by atoms with E-state index in [0.29, 0.717) is 37.2 Å². The molecular weight excluding hydrogens is 509 g/mol. The summed E-state index contributed by atoms with van der Waals surface area (Å²) < 4.78 is 77.6. The maximum Gasteiger partial charge on any atom is 0.449 e. The molecule has 0 spiro atoms. The lowest BCUT2D eigenvalue weighted by Crippen LogP contribution is -2.43. The van der Waals surface area contributed by atoms with E-state index in [9.17, 15) is 26.4 Å². The Hall–Kier alpha value is -2.69. The number of furan rings is 1. The smallest absolute Gasteiger partial charge is 0.449 e. The minimum absolute atomic E-state index is 0.0684. The summed E-state index contributed by atoms with van der Waals surface area (Å²) >= 11 is 0. The summed E-state index contributed by atoms with van der Waals surface area (Å²) in [5.74, 6) is -1.03. The molecule has 11 heteroatoms. The number of sulfonamides is 1. The monoisotopic (exact) mass is 544 g/mol. The standard InChI is InChI=1S/C26H35F3N2O5S/c1-16-13-22(18(3)17(2)21(16)14-20-7-8-23(35-20)26(27,28)29)30-37(33,34)15-19-9-11-31(12-10-19)24(32)36-25(4,5)6/h7-8,13,19,30H,9-12,14-15H2,1-6H3. The number of alkyl halides is 3. The van der Waals surface area contributed by atoms with E-state index in [2.05, 4.69) is 4.72 Å². The number of benzene rings is 1. The van der Waals surface area contributed by atoms with Crippen LogP contribution in [-0.4, -0.2) is 43.9 Å². The van der Waals surface area contributed by atoms with Gasteiger partial charge < -0.3 is 14.1 Å². The molecule has 1 saturated heterocycles. The molecule has 3 rings (SSSR count). The van der Waals surface area contributed by atoms with Crippen molar-refractivity contribution in [3.8, 4) is 0 Å². The Kier molecular flexibility index (Phi) is 8.26. The second-order valence-electron chi connectivity index (χ2n) is 10.7. The molecule has 0 aliphatic carbocycles. The van der Waals surface area contributed by atoms with Gasteiger partial charge in [-0.15, -0.1) is 0 Å². The van der Waals surface area contributed by atoms with Gasteiger partial charge in [-0.1, -0.05) is 0 Å². The van der Waals surface area contributed by atoms with Gasteiger partial charge in [-0.05, 0) is 101 Å². The van der Waals surface area contributed by atoms with Crippen LogP contribution in [0, 0.1) is 26.7 Å². The van der Waals surface area contributed by atoms with Crippen molar-refractivity contribution in [3.05, 3.63) is 52.0 Å². The number of halogens is 3. The zero-order valence-corrected chi connectivity index (χ0v) is 22.9. The first kappa shape index (κ1) is 28.9. The van der Waals surface area contributed by atoms with Gasteiger partial charge in [-0.3, -0.25) is 4.72 Å². The van der Waals surface area contributed by atoms with Gasteiger partial charge in [0, 0.05) is 19.5 Å². The molecule has 1 aromatic heterocycles. The van der Waals surface area contributed by atoms with E-state index in [4.69, 9.17) is 9.15 Å². The van der Waals surface area contributed by atoms with Crippen LogP contribution in [0.5, 0.6) is 0 Å². The topological polar surface area (TPSA) is 88.9 Å². The van der Waals surface area contributed by atoms with Crippen LogP contribution in [0.3, 0.4) is 0 Å². The van der Waals surface area contributed by atoms with Gasteiger partial charge in [-0.2, -0.15) is 13.2 Å². The summed E-state index contributed by atoms with van der Waals surface area (Å²) in [4.78, 5) is 13.9. The third kappa shape index (κ3) is 7.66. The van der Waals surface area contributed by atoms with Crippen LogP contribution in [0.1, 0.15) is 67.4 Å². The zero-order chi connectivity index (χ0) is 27.8. The number of carbonyl (C=O) groups excluding carboxylic acids is 1. The molecule has 2 aromatic rings. The van der Waals surface area contributed by atoms with Crippen molar-refractivity contribution in [2.45, 2.75) is 72.6 Å². The third-order valence-electron chi connectivity index (χ3n) is 6.53. The highest BCUT2D eigenvalue weighted by atomic mass is 32.2. The first-order valence-electron chi connectivity index (χ1n) is 12.2. The van der Waals surface area contributed by atoms with Gasteiger partial charge >= 0.3 is 12.3 Å². The maximum atomic E-state index is 13.0. The number of amides is 1. The van der Waals surface area contributed by atoms with Gasteiger partial charge in [0.25, 0.3) is 0 Å². The van der Waals surface area contributed by atoms with E-state index in [0.717, 1.165) is 22.8 Å². The molecule has 0 bridgehead atoms. The fourth-order valence-electron chi connectivity index (χ4n) is 4.44. The molecule has 1 fully saturated rings. The molecule has 1 N–H and O–H groups in total. The first-order valence-corrected chi connectivity index (χ1v) is 13.8. The molecule has 1 aliphatic rings. The second kappa shape index (κ2) is 10.6. The molecule has 2 heterocycles. The lowest BCUT2D eigenvalue weighted by atomic mass is 9.94. The fourth-order valence-corrected chi connectivity index (χ4v) is 6.03. The van der Waals surface area contributed by atoms with Crippen molar-refractivity contribution >= 4 is 21.8 Å². The van der Waals surface area contributed by atoms with Crippen LogP contribution in [0.25, 0.3) is 0 Å². The summed E-state index contributed by atoms with van der Waals surface area (Å²) in [6.07, 6.45) is -3.67. The van der Waals surface area contributed by atoms with Gasteiger partial charge in [0.15, 0.2) is 0 Å². The van der Waals surface area contributed by atoms with Gasteiger partial charge in [0.2, 0.25) is 15.8 Å². The number of hydrogen-bond acceptors (Lipinski definition) is 5. The molecule has 1 amide bonds. The third-order valence-corrected chi connectivity index (χ3v) is 7.98. The lowest BCUT2D eigenvalue weighted by molar-refractivity contribution is -0.153. The number of rotatable bonds is 6. The van der Waals surface area contributed by atoms with Crippen molar-refractivity contribution in [1.29, 1.82) is 0 Å². The van der Waals surface area contributed by atoms with Crippen molar-refractivity contribution in [1.82, 2.24) is 4.90 Å². The van der Waals surface area contributed by atoms with Crippen molar-refractivity contribution in [3.63, 3.8) is 0 Å². The number of aryl methyl sites for hydroxylation is 1. The molecule has 0 saturated carbocycles. The van der Waals surface area contributed by atoms with Crippen molar-refractivity contribution < 1.29 is 35.5 Å². The Morgan fingerprint density at radius 1 is 1.11 bits per heavy atom. The molecule has 7 nitrogen and oxygen atoms in total. The molecule has 0 atom stereocenters. The Balaban J connectivity index is 1.65. The number of likely N-dealkylation sites (tertiary alicyclic amines) is 1. The molecule has 37 heavy (non-hydrogen) atoms. The van der Waals surface area contributed by atoms with Crippen LogP contribution in [0.2, 0.25) is 0 Å². The summed E-state index contributed by atoms with van der Waals surface area (Å²) in [5, 5.41) is 0. The predicted octanol–water partition coefficient (Wildman–Crippen LogP) is 6.20. The highest BCUT2D eigenvalue weighted by molar-refractivity contribution is 7.92. The van der Waals surface area contributed by atoms with Gasteiger partial charge in [-0.25, -0.2) is 13.2 Å². The first-order chi connectivity index (χ1) is 16.9. The number of nitrogens with zero attached hydrogens (tertiary/aromatic N) is 1. The molecular formula is C26H35F3N2O5S. The van der Waals surface area contributed by atoms with Gasteiger partial charge in [0.1, 0.15) is 11.4 Å². The van der Waals surface area contributed by atoms with E-state index in [1.54, 1.807) is 45.6 Å². The summed E-state index contributed by atoms with van der Waals surface area (Å²) in [5.41, 5.74) is 2.88. The zero-order valence-electron chi connectivity index (χ0n) is 22.1. The second-order valence-corrected chi connectivity index (χ2v) is 12.5. The van der Waals surface area contributed by atoms with Crippen LogP contribution < -0.4 is 4.72 Å². The number of anilines is 1. The number of carbonyl (C=O) groups is 1. The Morgan fingerprint density at radius 2 is 1.73 bits per heavy atom. The molecule has 1 aliphatic heterocycles. The number of nitrogens with one attached hydrogen (secondary N) is 1. The Labute approximate surface area is 216 Å². The maximum absolute atomic E-state index is 13.0. The largest absolute Gasteiger partial charge is 0.456 e. The van der Waals surface area contributed by atoms with Crippen molar-refractivity contribution in [2.75, 3.05) is 23.6 Å². The van der Waals surface area contributed by atoms with Crippen LogP contribution >= 0.6 is 0 Å². The number of piperidine rings is 1. The van der Waals surface area contributed by atoms with Crippen LogP contribution in [0.15, 0.2) is 22.6 Å². The normalized spacial score (nSPS) is 15.6. The highest BCUT2D eigenvalue weighted by Gasteiger charge is 2.35. The molecule has 0 radical (unpaired) electrons. The van der Waals surface area contributed by atoms with Crippen LogP contribution in [-0.2, 0) is 27.4 Å². The number of ether oxygens (including phenoxy) is 1. The predicted molar refractivity (Wildman–Crippen MR) is 135 cm³/mol. The van der Waals surface area contributed by atoms with E-state index in [1.807, 2.05) is 6.92 Å². The SMILES string of the molecule is Cc1cc(NS(=O)(=O)CC2CCN(C(=O)OC(C)(C)C)CC2)c(C)c(C)c1Cc1ccc(C(F)(F)F)o1. The van der Waals surface area contributed by atoms with E-state index >= 15 is 0 Å². The average molecular weight is 545 g/mol. The highest BCUT2D eigenvalue weighted by Crippen LogP contribution is 2.33. The summed E-state index contributed by atoms with van der Waals surface area (Å²) in [6.45, 7) is 11.7.